The fourth-order valence-corrected chi connectivity index (χ4v) is 5.45. The standard InChI is InChI=1S/C19H32O7/c1-11-5-6-15-12(2)16(22-10-9-21-13(3)20)23-17-19(15)14(11)7-8-18(4,24-17)25-26-19/h11-17,20H,5-10H2,1-4H3/t11-,12-,13?,14+,15+,16+,17-,18?,19-/m1/s1. The lowest BCUT2D eigenvalue weighted by Gasteiger charge is -2.60. The molecule has 7 heteroatoms. The van der Waals surface area contributed by atoms with Crippen molar-refractivity contribution in [1.29, 1.82) is 0 Å². The van der Waals surface area contributed by atoms with Crippen molar-refractivity contribution in [2.24, 2.45) is 23.7 Å². The Kier molecular flexibility index (Phi) is 5.10. The Morgan fingerprint density at radius 3 is 2.69 bits per heavy atom. The van der Waals surface area contributed by atoms with Gasteiger partial charge in [0.1, 0.15) is 0 Å². The molecule has 5 fully saturated rings. The van der Waals surface area contributed by atoms with Gasteiger partial charge in [0.25, 0.3) is 0 Å². The first-order chi connectivity index (χ1) is 12.4. The van der Waals surface area contributed by atoms with Crippen LogP contribution in [0.4, 0.5) is 0 Å². The zero-order chi connectivity index (χ0) is 18.5. The summed E-state index contributed by atoms with van der Waals surface area (Å²) in [4.78, 5) is 11.9. The molecule has 1 aliphatic carbocycles. The minimum atomic E-state index is -0.793. The molecule has 0 amide bonds. The number of aliphatic hydroxyl groups excluding tert-OH is 1. The van der Waals surface area contributed by atoms with Crippen LogP contribution in [0.5, 0.6) is 0 Å². The number of rotatable bonds is 5. The number of fused-ring (bicyclic) bond motifs is 2. The van der Waals surface area contributed by atoms with Crippen molar-refractivity contribution in [1.82, 2.24) is 0 Å². The first-order valence-electron chi connectivity index (χ1n) is 9.97. The molecule has 7 nitrogen and oxygen atoms in total. The van der Waals surface area contributed by atoms with Gasteiger partial charge in [-0.05, 0) is 44.9 Å². The summed E-state index contributed by atoms with van der Waals surface area (Å²) in [5.74, 6) is 0.555. The van der Waals surface area contributed by atoms with Gasteiger partial charge >= 0.3 is 0 Å². The maximum atomic E-state index is 9.21. The summed E-state index contributed by atoms with van der Waals surface area (Å²) >= 11 is 0. The van der Waals surface area contributed by atoms with E-state index >= 15 is 0 Å². The van der Waals surface area contributed by atoms with Crippen molar-refractivity contribution >= 4 is 0 Å². The van der Waals surface area contributed by atoms with Crippen LogP contribution in [0.2, 0.25) is 0 Å². The van der Waals surface area contributed by atoms with Crippen LogP contribution in [0.1, 0.15) is 53.4 Å². The van der Waals surface area contributed by atoms with Crippen LogP contribution in [0.15, 0.2) is 0 Å². The van der Waals surface area contributed by atoms with Crippen LogP contribution in [-0.4, -0.2) is 48.6 Å². The van der Waals surface area contributed by atoms with Crippen LogP contribution in [0.3, 0.4) is 0 Å². The molecule has 4 heterocycles. The molecule has 5 rings (SSSR count). The van der Waals surface area contributed by atoms with E-state index in [4.69, 9.17) is 28.7 Å². The highest BCUT2D eigenvalue weighted by molar-refractivity contribution is 5.09. The average Bonchev–Trinajstić information content (AvgIpc) is 2.82. The van der Waals surface area contributed by atoms with Crippen molar-refractivity contribution < 1.29 is 33.8 Å². The number of ether oxygens (including phenoxy) is 4. The molecule has 4 saturated heterocycles. The lowest BCUT2D eigenvalue weighted by Crippen LogP contribution is -2.70. The Morgan fingerprint density at radius 2 is 1.92 bits per heavy atom. The molecule has 1 saturated carbocycles. The van der Waals surface area contributed by atoms with E-state index in [9.17, 15) is 5.11 Å². The monoisotopic (exact) mass is 372 g/mol. The summed E-state index contributed by atoms with van der Waals surface area (Å²) < 4.78 is 23.7. The molecule has 0 radical (unpaired) electrons. The van der Waals surface area contributed by atoms with E-state index in [1.807, 2.05) is 6.92 Å². The van der Waals surface area contributed by atoms with E-state index in [0.29, 0.717) is 25.0 Å². The van der Waals surface area contributed by atoms with E-state index in [2.05, 4.69) is 13.8 Å². The highest BCUT2D eigenvalue weighted by atomic mass is 17.3. The fraction of sp³-hybridized carbons (Fsp3) is 1.00. The zero-order valence-corrected chi connectivity index (χ0v) is 16.2. The lowest BCUT2D eigenvalue weighted by molar-refractivity contribution is -0.577. The first kappa shape index (κ1) is 19.1. The molecule has 5 aliphatic rings. The van der Waals surface area contributed by atoms with Crippen molar-refractivity contribution in [2.75, 3.05) is 13.2 Å². The lowest BCUT2D eigenvalue weighted by atomic mass is 9.58. The molecule has 2 unspecified atom stereocenters. The Morgan fingerprint density at radius 1 is 1.12 bits per heavy atom. The molecule has 0 aromatic heterocycles. The van der Waals surface area contributed by atoms with Gasteiger partial charge in [-0.15, -0.1) is 0 Å². The summed E-state index contributed by atoms with van der Waals surface area (Å²) in [5.41, 5.74) is -0.553. The predicted molar refractivity (Wildman–Crippen MR) is 90.4 cm³/mol. The Bertz CT molecular complexity index is 514. The third-order valence-electron chi connectivity index (χ3n) is 6.82. The maximum absolute atomic E-state index is 9.21. The van der Waals surface area contributed by atoms with Crippen LogP contribution in [0.25, 0.3) is 0 Å². The van der Waals surface area contributed by atoms with Crippen LogP contribution in [0, 0.1) is 23.7 Å². The molecule has 4 aliphatic heterocycles. The molecule has 0 aromatic carbocycles. The van der Waals surface area contributed by atoms with E-state index in [-0.39, 0.29) is 18.1 Å². The minimum absolute atomic E-state index is 0.155. The highest BCUT2D eigenvalue weighted by Crippen LogP contribution is 2.60. The number of hydrogen-bond acceptors (Lipinski definition) is 7. The summed E-state index contributed by atoms with van der Waals surface area (Å²) in [6.07, 6.45) is 2.39. The number of aliphatic hydroxyl groups is 1. The first-order valence-corrected chi connectivity index (χ1v) is 9.97. The van der Waals surface area contributed by atoms with E-state index in [1.165, 1.54) is 6.42 Å². The minimum Gasteiger partial charge on any atom is -0.368 e. The van der Waals surface area contributed by atoms with Gasteiger partial charge in [-0.25, -0.2) is 9.78 Å². The highest BCUT2D eigenvalue weighted by Gasteiger charge is 2.69. The normalized spacial score (nSPS) is 51.6. The second kappa shape index (κ2) is 6.95. The Balaban J connectivity index is 1.54. The summed E-state index contributed by atoms with van der Waals surface area (Å²) in [6, 6.07) is 0. The van der Waals surface area contributed by atoms with Gasteiger partial charge < -0.3 is 24.1 Å². The SMILES string of the molecule is CC(O)OCCO[C@H]1O[C@@H]2OC3(C)CC[C@H]4[C@H](C)CC[C@@H]([C@H]1C)[C@@]24OO3. The summed E-state index contributed by atoms with van der Waals surface area (Å²) in [7, 11) is 0. The second-order valence-electron chi connectivity index (χ2n) is 8.61. The maximum Gasteiger partial charge on any atom is 0.201 e. The molecule has 0 aromatic rings. The van der Waals surface area contributed by atoms with Crippen LogP contribution in [-0.2, 0) is 28.7 Å². The third kappa shape index (κ3) is 3.02. The summed E-state index contributed by atoms with van der Waals surface area (Å²) in [5, 5.41) is 9.21. The average molecular weight is 372 g/mol. The van der Waals surface area contributed by atoms with Crippen molar-refractivity contribution in [2.45, 2.75) is 83.6 Å². The number of hydrogen-bond donors (Lipinski definition) is 1. The van der Waals surface area contributed by atoms with Crippen LogP contribution >= 0.6 is 0 Å². The Hall–Kier alpha value is -0.280. The Labute approximate surface area is 155 Å². The van der Waals surface area contributed by atoms with Crippen LogP contribution < -0.4 is 0 Å². The fourth-order valence-electron chi connectivity index (χ4n) is 5.45. The summed E-state index contributed by atoms with van der Waals surface area (Å²) in [6.45, 7) is 8.65. The third-order valence-corrected chi connectivity index (χ3v) is 6.82. The molecule has 1 N–H and O–H groups in total. The van der Waals surface area contributed by atoms with Crippen molar-refractivity contribution in [3.05, 3.63) is 0 Å². The smallest absolute Gasteiger partial charge is 0.201 e. The van der Waals surface area contributed by atoms with Crippen molar-refractivity contribution in [3.8, 4) is 0 Å². The van der Waals surface area contributed by atoms with E-state index in [0.717, 1.165) is 19.3 Å². The molecular formula is C19H32O7. The molecule has 9 atom stereocenters. The molecule has 150 valence electrons. The molecule has 2 bridgehead atoms. The molecular weight excluding hydrogens is 340 g/mol. The van der Waals surface area contributed by atoms with Gasteiger partial charge in [0.2, 0.25) is 5.79 Å². The molecule has 26 heavy (non-hydrogen) atoms. The zero-order valence-electron chi connectivity index (χ0n) is 16.2. The van der Waals surface area contributed by atoms with E-state index < -0.39 is 24.0 Å². The van der Waals surface area contributed by atoms with Gasteiger partial charge in [0.15, 0.2) is 24.5 Å². The largest absolute Gasteiger partial charge is 0.368 e. The van der Waals surface area contributed by atoms with Gasteiger partial charge in [-0.3, -0.25) is 0 Å². The second-order valence-corrected chi connectivity index (χ2v) is 8.61. The molecule has 1 spiro atoms. The van der Waals surface area contributed by atoms with E-state index in [1.54, 1.807) is 6.92 Å². The predicted octanol–water partition coefficient (Wildman–Crippen LogP) is 2.57. The quantitative estimate of drug-likeness (QED) is 0.451. The van der Waals surface area contributed by atoms with Gasteiger partial charge in [0.05, 0.1) is 13.2 Å². The van der Waals surface area contributed by atoms with Gasteiger partial charge in [-0.2, -0.15) is 0 Å². The topological polar surface area (TPSA) is 75.6 Å². The van der Waals surface area contributed by atoms with Crippen molar-refractivity contribution in [3.63, 3.8) is 0 Å². The van der Waals surface area contributed by atoms with Gasteiger partial charge in [0, 0.05) is 18.3 Å². The van der Waals surface area contributed by atoms with Gasteiger partial charge in [-0.1, -0.05) is 13.8 Å².